The smallest absolute Gasteiger partial charge is 0.123 e. The Balaban J connectivity index is 2.63. The third-order valence-electron chi connectivity index (χ3n) is 3.41. The van der Waals surface area contributed by atoms with Crippen LogP contribution in [0.3, 0.4) is 0 Å². The summed E-state index contributed by atoms with van der Waals surface area (Å²) in [6.45, 7) is 6.85. The normalized spacial score (nSPS) is 13.0. The number of nitrogens with two attached hydrogens (primary N) is 1. The van der Waals surface area contributed by atoms with E-state index in [-0.39, 0.29) is 6.10 Å². The summed E-state index contributed by atoms with van der Waals surface area (Å²) in [6, 6.07) is 7.47. The van der Waals surface area contributed by atoms with Crippen LogP contribution in [0.25, 0.3) is 0 Å². The Kier molecular flexibility index (Phi) is 7.54. The van der Waals surface area contributed by atoms with Gasteiger partial charge in [0.15, 0.2) is 0 Å². The molecule has 0 heterocycles. The summed E-state index contributed by atoms with van der Waals surface area (Å²) in [5.41, 5.74) is 4.81. The zero-order valence-corrected chi connectivity index (χ0v) is 13.5. The Hall–Kier alpha value is -1.26. The highest BCUT2D eigenvalue weighted by Gasteiger charge is 2.25. The van der Waals surface area contributed by atoms with Gasteiger partial charge in [0.05, 0.1) is 5.60 Å². The molecule has 0 spiro atoms. The molecule has 4 heteroatoms. The minimum atomic E-state index is -0.745. The van der Waals surface area contributed by atoms with Gasteiger partial charge in [-0.25, -0.2) is 0 Å². The van der Waals surface area contributed by atoms with E-state index in [1.165, 1.54) is 0 Å². The Morgan fingerprint density at radius 1 is 1.19 bits per heavy atom. The quantitative estimate of drug-likeness (QED) is 0.696. The van der Waals surface area contributed by atoms with E-state index in [9.17, 15) is 5.11 Å². The lowest BCUT2D eigenvalue weighted by molar-refractivity contribution is -0.0203. The zero-order valence-electron chi connectivity index (χ0n) is 13.5. The van der Waals surface area contributed by atoms with E-state index < -0.39 is 5.60 Å². The van der Waals surface area contributed by atoms with Gasteiger partial charge in [0.25, 0.3) is 0 Å². The fraction of sp³-hybridized carbons (Fsp3) is 0.647. The first-order valence-corrected chi connectivity index (χ1v) is 7.85. The second-order valence-corrected chi connectivity index (χ2v) is 5.65. The second-order valence-electron chi connectivity index (χ2n) is 5.65. The predicted molar refractivity (Wildman–Crippen MR) is 85.8 cm³/mol. The van der Waals surface area contributed by atoms with E-state index in [1.807, 2.05) is 31.2 Å². The first-order valence-electron chi connectivity index (χ1n) is 7.85. The van der Waals surface area contributed by atoms with Crippen LogP contribution < -0.4 is 15.2 Å². The molecule has 0 saturated heterocycles. The van der Waals surface area contributed by atoms with Crippen molar-refractivity contribution < 1.29 is 14.6 Å². The van der Waals surface area contributed by atoms with E-state index in [2.05, 4.69) is 13.8 Å². The van der Waals surface area contributed by atoms with Gasteiger partial charge in [0.1, 0.15) is 24.2 Å². The minimum Gasteiger partial charge on any atom is -0.490 e. The molecule has 1 rings (SSSR count). The molecule has 1 aromatic rings. The van der Waals surface area contributed by atoms with Crippen molar-refractivity contribution in [3.05, 3.63) is 24.3 Å². The van der Waals surface area contributed by atoms with E-state index in [4.69, 9.17) is 15.2 Å². The zero-order chi connectivity index (χ0) is 15.7. The maximum atomic E-state index is 10.6. The topological polar surface area (TPSA) is 64.7 Å². The van der Waals surface area contributed by atoms with Gasteiger partial charge in [-0.05, 0) is 31.9 Å². The molecule has 4 nitrogen and oxygen atoms in total. The predicted octanol–water partition coefficient (Wildman–Crippen LogP) is 3.12. The first-order chi connectivity index (χ1) is 10.0. The van der Waals surface area contributed by atoms with Gasteiger partial charge in [-0.3, -0.25) is 0 Å². The number of hydrogen-bond acceptors (Lipinski definition) is 4. The molecule has 0 bridgehead atoms. The van der Waals surface area contributed by atoms with Crippen molar-refractivity contribution in [3.63, 3.8) is 0 Å². The Morgan fingerprint density at radius 3 is 2.38 bits per heavy atom. The summed E-state index contributed by atoms with van der Waals surface area (Å²) in [4.78, 5) is 0. The van der Waals surface area contributed by atoms with Gasteiger partial charge in [-0.2, -0.15) is 0 Å². The lowest BCUT2D eigenvalue weighted by Gasteiger charge is -2.27. The van der Waals surface area contributed by atoms with Gasteiger partial charge in [-0.1, -0.05) is 32.8 Å². The van der Waals surface area contributed by atoms with Crippen molar-refractivity contribution in [3.8, 4) is 11.5 Å². The first kappa shape index (κ1) is 17.8. The number of benzene rings is 1. The van der Waals surface area contributed by atoms with Crippen LogP contribution in [0, 0.1) is 0 Å². The fourth-order valence-electron chi connectivity index (χ4n) is 2.34. The molecular formula is C17H29NO3. The molecule has 0 radical (unpaired) electrons. The Bertz CT molecular complexity index is 403. The lowest BCUT2D eigenvalue weighted by Crippen LogP contribution is -2.35. The van der Waals surface area contributed by atoms with Gasteiger partial charge >= 0.3 is 0 Å². The van der Waals surface area contributed by atoms with Crippen LogP contribution in [-0.2, 0) is 0 Å². The van der Waals surface area contributed by atoms with Crippen molar-refractivity contribution in [2.75, 3.05) is 13.2 Å². The van der Waals surface area contributed by atoms with E-state index in [0.29, 0.717) is 18.9 Å². The molecule has 21 heavy (non-hydrogen) atoms. The summed E-state index contributed by atoms with van der Waals surface area (Å²) in [5.74, 6) is 1.45. The summed E-state index contributed by atoms with van der Waals surface area (Å²) in [7, 11) is 0. The maximum absolute atomic E-state index is 10.6. The van der Waals surface area contributed by atoms with Crippen LogP contribution in [-0.4, -0.2) is 30.0 Å². The van der Waals surface area contributed by atoms with Crippen LogP contribution >= 0.6 is 0 Å². The molecular weight excluding hydrogens is 266 g/mol. The van der Waals surface area contributed by atoms with Crippen molar-refractivity contribution >= 4 is 0 Å². The molecule has 0 amide bonds. The van der Waals surface area contributed by atoms with E-state index >= 15 is 0 Å². The van der Waals surface area contributed by atoms with Crippen LogP contribution in [0.4, 0.5) is 0 Å². The van der Waals surface area contributed by atoms with Crippen LogP contribution in [0.15, 0.2) is 24.3 Å². The fourth-order valence-corrected chi connectivity index (χ4v) is 2.34. The van der Waals surface area contributed by atoms with Gasteiger partial charge in [0, 0.05) is 12.6 Å². The van der Waals surface area contributed by atoms with E-state index in [0.717, 1.165) is 31.4 Å². The highest BCUT2D eigenvalue weighted by Crippen LogP contribution is 2.24. The molecule has 0 aliphatic carbocycles. The molecule has 3 N–H and O–H groups in total. The molecule has 0 aromatic heterocycles. The standard InChI is InChI=1S/C17H29NO3/c1-4-9-17(19,10-5-2)13-20-15-7-6-8-16(11-15)21-14(3)12-18/h6-8,11,14,19H,4-5,9-10,12-13,18H2,1-3H3/t14-/m1/s1. The molecule has 0 aliphatic heterocycles. The second kappa shape index (κ2) is 8.90. The molecule has 120 valence electrons. The number of aliphatic hydroxyl groups is 1. The van der Waals surface area contributed by atoms with Crippen molar-refractivity contribution in [2.24, 2.45) is 5.73 Å². The number of rotatable bonds is 10. The average Bonchev–Trinajstić information content (AvgIpc) is 2.46. The third-order valence-corrected chi connectivity index (χ3v) is 3.41. The van der Waals surface area contributed by atoms with Crippen LogP contribution in [0.2, 0.25) is 0 Å². The van der Waals surface area contributed by atoms with Gasteiger partial charge in [-0.15, -0.1) is 0 Å². The molecule has 0 aliphatic rings. The third kappa shape index (κ3) is 6.36. The molecule has 0 saturated carbocycles. The molecule has 0 fully saturated rings. The van der Waals surface area contributed by atoms with Crippen molar-refractivity contribution in [1.82, 2.24) is 0 Å². The summed E-state index contributed by atoms with van der Waals surface area (Å²) < 4.78 is 11.4. The minimum absolute atomic E-state index is 0.0302. The van der Waals surface area contributed by atoms with E-state index in [1.54, 1.807) is 0 Å². The van der Waals surface area contributed by atoms with Gasteiger partial charge < -0.3 is 20.3 Å². The Labute approximate surface area is 128 Å². The highest BCUT2D eigenvalue weighted by atomic mass is 16.5. The van der Waals surface area contributed by atoms with Crippen molar-refractivity contribution in [2.45, 2.75) is 58.2 Å². The SMILES string of the molecule is CCCC(O)(CCC)COc1cccc(O[C@H](C)CN)c1. The molecule has 0 unspecified atom stereocenters. The molecule has 1 aromatic carbocycles. The van der Waals surface area contributed by atoms with Gasteiger partial charge in [0.2, 0.25) is 0 Å². The monoisotopic (exact) mass is 295 g/mol. The average molecular weight is 295 g/mol. The summed E-state index contributed by atoms with van der Waals surface area (Å²) in [6.07, 6.45) is 3.36. The summed E-state index contributed by atoms with van der Waals surface area (Å²) >= 11 is 0. The maximum Gasteiger partial charge on any atom is 0.123 e. The van der Waals surface area contributed by atoms with Crippen molar-refractivity contribution in [1.29, 1.82) is 0 Å². The highest BCUT2D eigenvalue weighted by molar-refractivity contribution is 5.33. The molecule has 1 atom stereocenters. The summed E-state index contributed by atoms with van der Waals surface area (Å²) in [5, 5.41) is 10.6. The van der Waals surface area contributed by atoms with Crippen LogP contribution in [0.1, 0.15) is 46.5 Å². The largest absolute Gasteiger partial charge is 0.490 e. The Morgan fingerprint density at radius 2 is 1.81 bits per heavy atom. The van der Waals surface area contributed by atoms with Crippen LogP contribution in [0.5, 0.6) is 11.5 Å². The lowest BCUT2D eigenvalue weighted by atomic mass is 9.94. The number of hydrogen-bond donors (Lipinski definition) is 2. The number of ether oxygens (including phenoxy) is 2.